The Labute approximate surface area is 105 Å². The Bertz CT molecular complexity index is 487. The molecule has 0 amide bonds. The zero-order valence-electron chi connectivity index (χ0n) is 10.9. The molecular formula is C10H16N6O2. The smallest absolute Gasteiger partial charge is 0.327 e. The number of hydrogen-bond donors (Lipinski definition) is 0. The van der Waals surface area contributed by atoms with Crippen LogP contribution < -0.4 is 0 Å². The molecule has 0 spiro atoms. The fourth-order valence-electron chi connectivity index (χ4n) is 1.13. The number of carbonyl (C=O) groups excluding carboxylic acids is 1. The summed E-state index contributed by atoms with van der Waals surface area (Å²) >= 11 is 0. The van der Waals surface area contributed by atoms with Gasteiger partial charge in [0.15, 0.2) is 0 Å². The van der Waals surface area contributed by atoms with Gasteiger partial charge < -0.3 is 4.74 Å². The largest absolute Gasteiger partial charge is 0.468 e. The van der Waals surface area contributed by atoms with Crippen LogP contribution in [-0.4, -0.2) is 43.1 Å². The highest BCUT2D eigenvalue weighted by Crippen LogP contribution is 1.89. The lowest BCUT2D eigenvalue weighted by atomic mass is 10.5. The summed E-state index contributed by atoms with van der Waals surface area (Å²) in [6, 6.07) is 0. The van der Waals surface area contributed by atoms with Gasteiger partial charge in [-0.05, 0) is 13.8 Å². The Hall–Kier alpha value is -2.25. The highest BCUT2D eigenvalue weighted by atomic mass is 16.5. The van der Waals surface area contributed by atoms with Gasteiger partial charge in [-0.2, -0.15) is 0 Å². The molecule has 18 heavy (non-hydrogen) atoms. The van der Waals surface area contributed by atoms with Gasteiger partial charge in [0, 0.05) is 19.4 Å². The highest BCUT2D eigenvalue weighted by molar-refractivity contribution is 5.68. The molecule has 0 saturated carbocycles. The van der Waals surface area contributed by atoms with Gasteiger partial charge >= 0.3 is 5.97 Å². The van der Waals surface area contributed by atoms with Crippen molar-refractivity contribution in [3.05, 3.63) is 23.8 Å². The lowest BCUT2D eigenvalue weighted by Crippen LogP contribution is -2.11. The minimum Gasteiger partial charge on any atom is -0.468 e. The predicted octanol–water partition coefficient (Wildman–Crippen LogP) is -0.117. The SMILES string of the molecule is COC(=O)Cn1cc(C)nn1.Cc1cn(C)nn1. The summed E-state index contributed by atoms with van der Waals surface area (Å²) in [4.78, 5) is 10.7. The van der Waals surface area contributed by atoms with Crippen molar-refractivity contribution in [1.29, 1.82) is 0 Å². The molecule has 8 heteroatoms. The molecule has 8 nitrogen and oxygen atoms in total. The number of esters is 1. The number of rotatable bonds is 2. The Morgan fingerprint density at radius 3 is 2.17 bits per heavy atom. The number of aryl methyl sites for hydroxylation is 3. The topological polar surface area (TPSA) is 87.7 Å². The predicted molar refractivity (Wildman–Crippen MR) is 62.5 cm³/mol. The highest BCUT2D eigenvalue weighted by Gasteiger charge is 2.02. The number of ether oxygens (including phenoxy) is 1. The summed E-state index contributed by atoms with van der Waals surface area (Å²) < 4.78 is 7.54. The van der Waals surface area contributed by atoms with Crippen LogP contribution in [0.3, 0.4) is 0 Å². The molecule has 0 saturated heterocycles. The lowest BCUT2D eigenvalue weighted by Gasteiger charge is -1.96. The Kier molecular flexibility index (Phi) is 4.97. The fourth-order valence-corrected chi connectivity index (χ4v) is 1.13. The average molecular weight is 252 g/mol. The molecule has 0 fully saturated rings. The van der Waals surface area contributed by atoms with E-state index >= 15 is 0 Å². The monoisotopic (exact) mass is 252 g/mol. The van der Waals surface area contributed by atoms with Crippen molar-refractivity contribution >= 4 is 5.97 Å². The summed E-state index contributed by atoms with van der Waals surface area (Å²) in [7, 11) is 3.19. The van der Waals surface area contributed by atoms with Gasteiger partial charge in [0.25, 0.3) is 0 Å². The molecule has 0 aliphatic heterocycles. The van der Waals surface area contributed by atoms with E-state index in [2.05, 4.69) is 25.4 Å². The van der Waals surface area contributed by atoms with Gasteiger partial charge in [0.2, 0.25) is 0 Å². The molecule has 0 aliphatic rings. The van der Waals surface area contributed by atoms with Crippen LogP contribution in [0.4, 0.5) is 0 Å². The van der Waals surface area contributed by atoms with Crippen LogP contribution in [0.25, 0.3) is 0 Å². The van der Waals surface area contributed by atoms with Gasteiger partial charge in [0.05, 0.1) is 18.5 Å². The van der Waals surface area contributed by atoms with E-state index in [1.54, 1.807) is 17.8 Å². The third kappa shape index (κ3) is 4.73. The first-order chi connectivity index (χ1) is 8.51. The van der Waals surface area contributed by atoms with E-state index in [9.17, 15) is 4.79 Å². The van der Waals surface area contributed by atoms with Crippen molar-refractivity contribution in [1.82, 2.24) is 30.0 Å². The molecular weight excluding hydrogens is 236 g/mol. The van der Waals surface area contributed by atoms with Crippen LogP contribution in [0.15, 0.2) is 12.4 Å². The maximum atomic E-state index is 10.7. The molecule has 2 aromatic heterocycles. The van der Waals surface area contributed by atoms with E-state index in [-0.39, 0.29) is 12.5 Å². The van der Waals surface area contributed by atoms with Crippen molar-refractivity contribution in [3.8, 4) is 0 Å². The lowest BCUT2D eigenvalue weighted by molar-refractivity contribution is -0.141. The molecule has 0 unspecified atom stereocenters. The first kappa shape index (κ1) is 13.8. The Morgan fingerprint density at radius 1 is 1.22 bits per heavy atom. The van der Waals surface area contributed by atoms with Gasteiger partial charge in [-0.25, -0.2) is 4.68 Å². The first-order valence-corrected chi connectivity index (χ1v) is 5.27. The van der Waals surface area contributed by atoms with E-state index in [1.807, 2.05) is 20.2 Å². The number of hydrogen-bond acceptors (Lipinski definition) is 6. The standard InChI is InChI=1S/C6H9N3O2.C4H7N3/c1-5-3-9(8-7-5)4-6(10)11-2;1-4-3-7(2)6-5-4/h3H,4H2,1-2H3;3H,1-2H3. The summed E-state index contributed by atoms with van der Waals surface area (Å²) in [6.07, 6.45) is 3.54. The number of nitrogens with zero attached hydrogens (tertiary/aromatic N) is 6. The van der Waals surface area contributed by atoms with Gasteiger partial charge in [-0.1, -0.05) is 10.4 Å². The van der Waals surface area contributed by atoms with Crippen LogP contribution >= 0.6 is 0 Å². The number of aromatic nitrogens is 6. The van der Waals surface area contributed by atoms with Crippen molar-refractivity contribution < 1.29 is 9.53 Å². The number of methoxy groups -OCH3 is 1. The van der Waals surface area contributed by atoms with E-state index in [4.69, 9.17) is 0 Å². The molecule has 0 radical (unpaired) electrons. The third-order valence-corrected chi connectivity index (χ3v) is 1.89. The quantitative estimate of drug-likeness (QED) is 0.693. The van der Waals surface area contributed by atoms with Gasteiger partial charge in [0.1, 0.15) is 6.54 Å². The van der Waals surface area contributed by atoms with E-state index in [1.165, 1.54) is 11.8 Å². The van der Waals surface area contributed by atoms with E-state index < -0.39 is 0 Å². The summed E-state index contributed by atoms with van der Waals surface area (Å²) in [5, 5.41) is 14.8. The number of carbonyl (C=O) groups is 1. The minimum atomic E-state index is -0.324. The molecule has 0 aliphatic carbocycles. The van der Waals surface area contributed by atoms with Crippen LogP contribution in [0.1, 0.15) is 11.4 Å². The minimum absolute atomic E-state index is 0.122. The maximum absolute atomic E-state index is 10.7. The van der Waals surface area contributed by atoms with Gasteiger partial charge in [-0.15, -0.1) is 10.2 Å². The second-order valence-electron chi connectivity index (χ2n) is 3.67. The van der Waals surface area contributed by atoms with Crippen molar-refractivity contribution in [2.45, 2.75) is 20.4 Å². The van der Waals surface area contributed by atoms with Gasteiger partial charge in [-0.3, -0.25) is 9.48 Å². The second-order valence-corrected chi connectivity index (χ2v) is 3.67. The molecule has 2 rings (SSSR count). The molecule has 0 N–H and O–H groups in total. The normalized spacial score (nSPS) is 9.56. The van der Waals surface area contributed by atoms with Crippen LogP contribution in [0, 0.1) is 13.8 Å². The van der Waals surface area contributed by atoms with Crippen LogP contribution in [0.5, 0.6) is 0 Å². The Morgan fingerprint density at radius 2 is 1.83 bits per heavy atom. The van der Waals surface area contributed by atoms with Crippen LogP contribution in [-0.2, 0) is 23.1 Å². The van der Waals surface area contributed by atoms with Crippen molar-refractivity contribution in [3.63, 3.8) is 0 Å². The summed E-state index contributed by atoms with van der Waals surface area (Å²) in [5.41, 5.74) is 1.75. The molecule has 98 valence electrons. The summed E-state index contributed by atoms with van der Waals surface area (Å²) in [6.45, 7) is 3.84. The van der Waals surface area contributed by atoms with E-state index in [0.717, 1.165) is 11.4 Å². The third-order valence-electron chi connectivity index (χ3n) is 1.89. The Balaban J connectivity index is 0.000000199. The average Bonchev–Trinajstić information content (AvgIpc) is 2.88. The molecule has 2 heterocycles. The maximum Gasteiger partial charge on any atom is 0.327 e. The fraction of sp³-hybridized carbons (Fsp3) is 0.500. The molecule has 0 bridgehead atoms. The molecule has 2 aromatic rings. The zero-order chi connectivity index (χ0) is 13.5. The molecule has 0 aromatic carbocycles. The first-order valence-electron chi connectivity index (χ1n) is 5.27. The summed E-state index contributed by atoms with van der Waals surface area (Å²) in [5.74, 6) is -0.324. The zero-order valence-corrected chi connectivity index (χ0v) is 10.9. The molecule has 0 atom stereocenters. The van der Waals surface area contributed by atoms with Crippen molar-refractivity contribution in [2.75, 3.05) is 7.11 Å². The van der Waals surface area contributed by atoms with Crippen molar-refractivity contribution in [2.24, 2.45) is 7.05 Å². The van der Waals surface area contributed by atoms with E-state index in [0.29, 0.717) is 0 Å². The second kappa shape index (κ2) is 6.48. The van der Waals surface area contributed by atoms with Crippen LogP contribution in [0.2, 0.25) is 0 Å².